The Kier molecular flexibility index (Phi) is 6.91. The van der Waals surface area contributed by atoms with E-state index in [1.54, 1.807) is 7.11 Å². The SMILES string of the molecule is COCCNCC(O)CN1CCOCC1C. The van der Waals surface area contributed by atoms with E-state index in [1.807, 2.05) is 0 Å². The van der Waals surface area contributed by atoms with Crippen molar-refractivity contribution in [3.63, 3.8) is 0 Å². The Bertz CT molecular complexity index is 181. The van der Waals surface area contributed by atoms with Crippen molar-refractivity contribution in [3.05, 3.63) is 0 Å². The van der Waals surface area contributed by atoms with Gasteiger partial charge in [0.2, 0.25) is 0 Å². The summed E-state index contributed by atoms with van der Waals surface area (Å²) in [5, 5.41) is 13.0. The van der Waals surface area contributed by atoms with E-state index in [0.29, 0.717) is 25.7 Å². The molecule has 2 unspecified atom stereocenters. The first-order chi connectivity index (χ1) is 7.74. The van der Waals surface area contributed by atoms with E-state index in [4.69, 9.17) is 9.47 Å². The summed E-state index contributed by atoms with van der Waals surface area (Å²) in [7, 11) is 1.67. The van der Waals surface area contributed by atoms with Crippen LogP contribution in [-0.2, 0) is 9.47 Å². The van der Waals surface area contributed by atoms with Crippen LogP contribution < -0.4 is 5.32 Å². The number of nitrogens with one attached hydrogen (secondary N) is 1. The zero-order valence-corrected chi connectivity index (χ0v) is 10.3. The number of morpholine rings is 1. The molecule has 0 spiro atoms. The highest BCUT2D eigenvalue weighted by molar-refractivity contribution is 4.74. The van der Waals surface area contributed by atoms with Crippen molar-refractivity contribution in [1.82, 2.24) is 10.2 Å². The molecule has 0 bridgehead atoms. The maximum absolute atomic E-state index is 9.83. The molecule has 5 heteroatoms. The third-order valence-corrected chi connectivity index (χ3v) is 2.81. The Labute approximate surface area is 97.7 Å². The van der Waals surface area contributed by atoms with Gasteiger partial charge in [-0.05, 0) is 6.92 Å². The molecule has 0 amide bonds. The molecule has 96 valence electrons. The summed E-state index contributed by atoms with van der Waals surface area (Å²) in [5.74, 6) is 0. The molecule has 1 fully saturated rings. The lowest BCUT2D eigenvalue weighted by atomic mass is 10.2. The van der Waals surface area contributed by atoms with Crippen molar-refractivity contribution in [2.75, 3.05) is 53.1 Å². The van der Waals surface area contributed by atoms with Gasteiger partial charge in [-0.3, -0.25) is 4.90 Å². The normalized spacial score (nSPS) is 24.6. The maximum Gasteiger partial charge on any atom is 0.0791 e. The van der Waals surface area contributed by atoms with Crippen LogP contribution >= 0.6 is 0 Å². The summed E-state index contributed by atoms with van der Waals surface area (Å²) >= 11 is 0. The minimum Gasteiger partial charge on any atom is -0.390 e. The fourth-order valence-corrected chi connectivity index (χ4v) is 1.81. The summed E-state index contributed by atoms with van der Waals surface area (Å²) in [6, 6.07) is 0.405. The molecule has 0 radical (unpaired) electrons. The number of ether oxygens (including phenoxy) is 2. The number of hydrogen-bond donors (Lipinski definition) is 2. The van der Waals surface area contributed by atoms with Crippen LogP contribution in [0.2, 0.25) is 0 Å². The second kappa shape index (κ2) is 7.97. The molecule has 0 aromatic carbocycles. The van der Waals surface area contributed by atoms with Crippen molar-refractivity contribution >= 4 is 0 Å². The van der Waals surface area contributed by atoms with Crippen LogP contribution in [0.3, 0.4) is 0 Å². The van der Waals surface area contributed by atoms with Gasteiger partial charge in [0.05, 0.1) is 25.9 Å². The van der Waals surface area contributed by atoms with Gasteiger partial charge < -0.3 is 19.9 Å². The van der Waals surface area contributed by atoms with Crippen LogP contribution in [0.4, 0.5) is 0 Å². The van der Waals surface area contributed by atoms with Gasteiger partial charge in [0.25, 0.3) is 0 Å². The van der Waals surface area contributed by atoms with Crippen molar-refractivity contribution in [2.45, 2.75) is 19.1 Å². The predicted octanol–water partition coefficient (Wildman–Crippen LogP) is -0.696. The fraction of sp³-hybridized carbons (Fsp3) is 1.00. The maximum atomic E-state index is 9.83. The molecule has 1 aliphatic heterocycles. The van der Waals surface area contributed by atoms with E-state index < -0.39 is 0 Å². The van der Waals surface area contributed by atoms with Gasteiger partial charge in [0, 0.05) is 39.3 Å². The summed E-state index contributed by atoms with van der Waals surface area (Å²) in [6.45, 7) is 7.38. The monoisotopic (exact) mass is 232 g/mol. The topological polar surface area (TPSA) is 54.0 Å². The van der Waals surface area contributed by atoms with E-state index in [9.17, 15) is 5.11 Å². The van der Waals surface area contributed by atoms with Gasteiger partial charge in [-0.15, -0.1) is 0 Å². The van der Waals surface area contributed by atoms with Crippen LogP contribution in [-0.4, -0.2) is 75.3 Å². The molecular weight excluding hydrogens is 208 g/mol. The average molecular weight is 232 g/mol. The molecule has 0 aromatic rings. The largest absolute Gasteiger partial charge is 0.390 e. The highest BCUT2D eigenvalue weighted by atomic mass is 16.5. The van der Waals surface area contributed by atoms with E-state index in [1.165, 1.54) is 0 Å². The smallest absolute Gasteiger partial charge is 0.0791 e. The Morgan fingerprint density at radius 1 is 1.62 bits per heavy atom. The number of rotatable bonds is 7. The van der Waals surface area contributed by atoms with E-state index >= 15 is 0 Å². The lowest BCUT2D eigenvalue weighted by Gasteiger charge is -2.34. The Morgan fingerprint density at radius 3 is 3.12 bits per heavy atom. The number of β-amino-alcohol motifs (C(OH)–C–C–N with tert-alkyl or cyclic N) is 1. The quantitative estimate of drug-likeness (QED) is 0.569. The van der Waals surface area contributed by atoms with Crippen molar-refractivity contribution in [1.29, 1.82) is 0 Å². The van der Waals surface area contributed by atoms with Gasteiger partial charge in [0.15, 0.2) is 0 Å². The molecule has 1 rings (SSSR count). The highest BCUT2D eigenvalue weighted by Gasteiger charge is 2.20. The molecular formula is C11H24N2O3. The number of aliphatic hydroxyl groups is 1. The van der Waals surface area contributed by atoms with Crippen molar-refractivity contribution < 1.29 is 14.6 Å². The van der Waals surface area contributed by atoms with Gasteiger partial charge >= 0.3 is 0 Å². The highest BCUT2D eigenvalue weighted by Crippen LogP contribution is 2.06. The average Bonchev–Trinajstić information content (AvgIpc) is 2.28. The lowest BCUT2D eigenvalue weighted by Crippen LogP contribution is -2.48. The zero-order chi connectivity index (χ0) is 11.8. The minimum absolute atomic E-state index is 0.322. The van der Waals surface area contributed by atoms with Gasteiger partial charge in [-0.2, -0.15) is 0 Å². The molecule has 5 nitrogen and oxygen atoms in total. The lowest BCUT2D eigenvalue weighted by molar-refractivity contribution is -0.0196. The van der Waals surface area contributed by atoms with Gasteiger partial charge in [-0.1, -0.05) is 0 Å². The number of aliphatic hydroxyl groups excluding tert-OH is 1. The van der Waals surface area contributed by atoms with Gasteiger partial charge in [0.1, 0.15) is 0 Å². The molecule has 0 aliphatic carbocycles. The van der Waals surface area contributed by atoms with E-state index in [-0.39, 0.29) is 6.10 Å². The standard InChI is InChI=1S/C11H24N2O3/c1-10-9-16-6-4-13(10)8-11(14)7-12-3-5-15-2/h10-12,14H,3-9H2,1-2H3. The Morgan fingerprint density at radius 2 is 2.44 bits per heavy atom. The molecule has 16 heavy (non-hydrogen) atoms. The molecule has 1 heterocycles. The van der Waals surface area contributed by atoms with Gasteiger partial charge in [-0.25, -0.2) is 0 Å². The molecule has 1 aliphatic rings. The molecule has 2 atom stereocenters. The molecule has 1 saturated heterocycles. The Balaban J connectivity index is 2.09. The first-order valence-electron chi connectivity index (χ1n) is 5.93. The first kappa shape index (κ1) is 13.9. The van der Waals surface area contributed by atoms with Crippen LogP contribution in [0.25, 0.3) is 0 Å². The van der Waals surface area contributed by atoms with Crippen LogP contribution in [0.15, 0.2) is 0 Å². The minimum atomic E-state index is -0.322. The van der Waals surface area contributed by atoms with E-state index in [0.717, 1.165) is 26.3 Å². The van der Waals surface area contributed by atoms with Crippen LogP contribution in [0, 0.1) is 0 Å². The second-order valence-electron chi connectivity index (χ2n) is 4.27. The van der Waals surface area contributed by atoms with Crippen molar-refractivity contribution in [2.24, 2.45) is 0 Å². The molecule has 2 N–H and O–H groups in total. The summed E-state index contributed by atoms with van der Waals surface area (Å²) in [4.78, 5) is 2.27. The summed E-state index contributed by atoms with van der Waals surface area (Å²) < 4.78 is 10.3. The number of hydrogen-bond acceptors (Lipinski definition) is 5. The zero-order valence-electron chi connectivity index (χ0n) is 10.3. The predicted molar refractivity (Wildman–Crippen MR) is 62.6 cm³/mol. The van der Waals surface area contributed by atoms with Crippen molar-refractivity contribution in [3.8, 4) is 0 Å². The summed E-state index contributed by atoms with van der Waals surface area (Å²) in [5.41, 5.74) is 0. The van der Waals surface area contributed by atoms with E-state index in [2.05, 4.69) is 17.1 Å². The number of methoxy groups -OCH3 is 1. The number of nitrogens with zero attached hydrogens (tertiary/aromatic N) is 1. The third-order valence-electron chi connectivity index (χ3n) is 2.81. The third kappa shape index (κ3) is 5.23. The van der Waals surface area contributed by atoms with Crippen LogP contribution in [0.5, 0.6) is 0 Å². The fourth-order valence-electron chi connectivity index (χ4n) is 1.81. The Hall–Kier alpha value is -0.200. The summed E-state index contributed by atoms with van der Waals surface area (Å²) in [6.07, 6.45) is -0.322. The second-order valence-corrected chi connectivity index (χ2v) is 4.27. The first-order valence-corrected chi connectivity index (χ1v) is 5.93. The van der Waals surface area contributed by atoms with Crippen LogP contribution in [0.1, 0.15) is 6.92 Å². The molecule has 0 saturated carbocycles. The molecule has 0 aromatic heterocycles.